The molecule has 1 aliphatic heterocycles. The summed E-state index contributed by atoms with van der Waals surface area (Å²) in [6.07, 6.45) is 5.39. The molecule has 45 heavy (non-hydrogen) atoms. The van der Waals surface area contributed by atoms with Gasteiger partial charge in [-0.2, -0.15) is 13.2 Å². The molecule has 1 atom stereocenters. The van der Waals surface area contributed by atoms with Crippen LogP contribution in [0.5, 0.6) is 0 Å². The van der Waals surface area contributed by atoms with Gasteiger partial charge in [-0.15, -0.1) is 0 Å². The fraction of sp³-hybridized carbons (Fsp3) is 0.294. The number of rotatable bonds is 8. The molecule has 11 heteroatoms. The number of hydrogen-bond donors (Lipinski definition) is 3. The van der Waals surface area contributed by atoms with Crippen molar-refractivity contribution in [3.8, 4) is 11.3 Å². The van der Waals surface area contributed by atoms with Gasteiger partial charge >= 0.3 is 6.18 Å². The van der Waals surface area contributed by atoms with Crippen LogP contribution in [0.4, 0.5) is 24.5 Å². The Morgan fingerprint density at radius 1 is 1.00 bits per heavy atom. The van der Waals surface area contributed by atoms with Crippen molar-refractivity contribution in [2.24, 2.45) is 11.1 Å². The Morgan fingerprint density at radius 2 is 1.78 bits per heavy atom. The number of primary amides is 1. The Hall–Kier alpha value is -4.93. The highest BCUT2D eigenvalue weighted by Gasteiger charge is 2.33. The SMILES string of the molecule is CC1(C(N)=O)C=CC=C(C(=O)Nc2ccc(N3CCCCC3)cc2-c2cc(C(=O)NCc3cccc(C(F)(F)F)c3)ccn2)C1. The minimum atomic E-state index is -4.48. The van der Waals surface area contributed by atoms with Gasteiger partial charge in [-0.05, 0) is 80.6 Å². The molecule has 3 amide bonds. The van der Waals surface area contributed by atoms with Crippen molar-refractivity contribution in [3.05, 3.63) is 101 Å². The van der Waals surface area contributed by atoms with Crippen molar-refractivity contribution < 1.29 is 27.6 Å². The monoisotopic (exact) mass is 617 g/mol. The summed E-state index contributed by atoms with van der Waals surface area (Å²) in [6.45, 7) is 3.36. The van der Waals surface area contributed by atoms with Gasteiger partial charge in [0.05, 0.1) is 22.4 Å². The molecule has 1 aromatic heterocycles. The maximum atomic E-state index is 13.4. The van der Waals surface area contributed by atoms with Gasteiger partial charge in [0, 0.05) is 48.2 Å². The largest absolute Gasteiger partial charge is 0.416 e. The van der Waals surface area contributed by atoms with Gasteiger partial charge in [-0.25, -0.2) is 0 Å². The van der Waals surface area contributed by atoms with E-state index in [2.05, 4.69) is 20.5 Å². The first-order valence-corrected chi connectivity index (χ1v) is 14.7. The lowest BCUT2D eigenvalue weighted by Gasteiger charge is -2.29. The fourth-order valence-electron chi connectivity index (χ4n) is 5.48. The van der Waals surface area contributed by atoms with Gasteiger partial charge in [-0.3, -0.25) is 19.4 Å². The molecule has 0 saturated carbocycles. The third-order valence-corrected chi connectivity index (χ3v) is 8.15. The number of carbonyl (C=O) groups is 3. The molecule has 4 N–H and O–H groups in total. The van der Waals surface area contributed by atoms with E-state index in [0.29, 0.717) is 28.1 Å². The molecule has 1 saturated heterocycles. The molecule has 2 heterocycles. The molecule has 1 aliphatic carbocycles. The van der Waals surface area contributed by atoms with Crippen LogP contribution in [-0.2, 0) is 22.3 Å². The fourth-order valence-corrected chi connectivity index (χ4v) is 5.48. The lowest BCUT2D eigenvalue weighted by atomic mass is 9.79. The second-order valence-corrected chi connectivity index (χ2v) is 11.6. The van der Waals surface area contributed by atoms with Crippen molar-refractivity contribution in [1.29, 1.82) is 0 Å². The van der Waals surface area contributed by atoms with E-state index in [1.165, 1.54) is 24.4 Å². The van der Waals surface area contributed by atoms with Crippen molar-refractivity contribution >= 4 is 29.1 Å². The van der Waals surface area contributed by atoms with Crippen molar-refractivity contribution in [3.63, 3.8) is 0 Å². The van der Waals surface area contributed by atoms with E-state index in [4.69, 9.17) is 5.73 Å². The molecular weight excluding hydrogens is 583 g/mol. The van der Waals surface area contributed by atoms with E-state index in [1.807, 2.05) is 12.1 Å². The number of nitrogens with one attached hydrogen (secondary N) is 2. The molecule has 5 rings (SSSR count). The summed E-state index contributed by atoms with van der Waals surface area (Å²) in [5.74, 6) is -1.41. The Balaban J connectivity index is 1.41. The first-order valence-electron chi connectivity index (χ1n) is 14.7. The van der Waals surface area contributed by atoms with Crippen LogP contribution >= 0.6 is 0 Å². The maximum absolute atomic E-state index is 13.4. The third-order valence-electron chi connectivity index (χ3n) is 8.15. The van der Waals surface area contributed by atoms with E-state index >= 15 is 0 Å². The standard InChI is InChI=1S/C34H34F3N5O3/c1-33(32(38)45)13-6-8-24(20-33)31(44)41-28-11-10-26(42-15-3-2-4-16-42)19-27(28)29-18-23(12-14-39-29)30(43)40-21-22-7-5-9-25(17-22)34(35,36)37/h5-14,17-19H,2-4,15-16,20-21H2,1H3,(H2,38,45)(H,40,43)(H,41,44). The molecule has 234 valence electrons. The molecule has 2 aromatic carbocycles. The van der Waals surface area contributed by atoms with Crippen LogP contribution < -0.4 is 21.3 Å². The van der Waals surface area contributed by atoms with Crippen molar-refractivity contribution in [1.82, 2.24) is 10.3 Å². The van der Waals surface area contributed by atoms with Gasteiger partial charge in [0.25, 0.3) is 11.8 Å². The lowest BCUT2D eigenvalue weighted by Crippen LogP contribution is -2.35. The number of hydrogen-bond acceptors (Lipinski definition) is 5. The number of pyridine rings is 1. The lowest BCUT2D eigenvalue weighted by molar-refractivity contribution is -0.137. The minimum Gasteiger partial charge on any atom is -0.372 e. The number of benzene rings is 2. The van der Waals surface area contributed by atoms with Crippen LogP contribution in [0.2, 0.25) is 0 Å². The first-order chi connectivity index (χ1) is 21.4. The first kappa shape index (κ1) is 31.5. The van der Waals surface area contributed by atoms with Gasteiger partial charge in [0.1, 0.15) is 0 Å². The normalized spacial score (nSPS) is 18.2. The van der Waals surface area contributed by atoms with Gasteiger partial charge < -0.3 is 21.3 Å². The highest BCUT2D eigenvalue weighted by molar-refractivity contribution is 6.07. The predicted octanol–water partition coefficient (Wildman–Crippen LogP) is 6.00. The van der Waals surface area contributed by atoms with Crippen LogP contribution in [0.3, 0.4) is 0 Å². The Labute approximate surface area is 259 Å². The summed E-state index contributed by atoms with van der Waals surface area (Å²) in [6, 6.07) is 13.5. The molecule has 3 aromatic rings. The predicted molar refractivity (Wildman–Crippen MR) is 166 cm³/mol. The molecule has 1 fully saturated rings. The highest BCUT2D eigenvalue weighted by atomic mass is 19.4. The van der Waals surface area contributed by atoms with E-state index in [0.717, 1.165) is 50.2 Å². The number of anilines is 2. The smallest absolute Gasteiger partial charge is 0.372 e. The van der Waals surface area contributed by atoms with Gasteiger partial charge in [-0.1, -0.05) is 30.4 Å². The third kappa shape index (κ3) is 7.42. The van der Waals surface area contributed by atoms with Crippen LogP contribution in [-0.4, -0.2) is 35.8 Å². The number of alkyl halides is 3. The maximum Gasteiger partial charge on any atom is 0.416 e. The average molecular weight is 618 g/mol. The number of carbonyl (C=O) groups excluding carboxylic acids is 3. The van der Waals surface area contributed by atoms with Gasteiger partial charge in [0.15, 0.2) is 0 Å². The molecule has 8 nitrogen and oxygen atoms in total. The zero-order chi connectivity index (χ0) is 32.2. The summed E-state index contributed by atoms with van der Waals surface area (Å²) < 4.78 is 39.4. The number of amides is 3. The number of allylic oxidation sites excluding steroid dienone is 2. The molecule has 0 radical (unpaired) electrons. The summed E-state index contributed by atoms with van der Waals surface area (Å²) in [4.78, 5) is 45.3. The number of halogens is 3. The Morgan fingerprint density at radius 3 is 2.51 bits per heavy atom. The summed E-state index contributed by atoms with van der Waals surface area (Å²) in [5.41, 5.74) is 7.19. The van der Waals surface area contributed by atoms with Crippen LogP contribution in [0, 0.1) is 5.41 Å². The summed E-state index contributed by atoms with van der Waals surface area (Å²) in [5, 5.41) is 5.63. The Bertz CT molecular complexity index is 1680. The second-order valence-electron chi connectivity index (χ2n) is 11.6. The molecular formula is C34H34F3N5O3. The quantitative estimate of drug-likeness (QED) is 0.287. The Kier molecular flexibility index (Phi) is 9.08. The number of aromatic nitrogens is 1. The highest BCUT2D eigenvalue weighted by Crippen LogP contribution is 2.35. The second kappa shape index (κ2) is 13.0. The molecule has 0 bridgehead atoms. The van der Waals surface area contributed by atoms with Crippen LogP contribution in [0.1, 0.15) is 54.1 Å². The number of piperidine rings is 1. The van der Waals surface area contributed by atoms with Gasteiger partial charge in [0.2, 0.25) is 5.91 Å². The van der Waals surface area contributed by atoms with Crippen molar-refractivity contribution in [2.75, 3.05) is 23.3 Å². The van der Waals surface area contributed by atoms with E-state index < -0.39 is 34.9 Å². The molecule has 2 aliphatic rings. The topological polar surface area (TPSA) is 117 Å². The van der Waals surface area contributed by atoms with Crippen LogP contribution in [0.15, 0.2) is 84.6 Å². The molecule has 0 spiro atoms. The number of nitrogens with zero attached hydrogens (tertiary/aromatic N) is 2. The zero-order valence-corrected chi connectivity index (χ0v) is 24.8. The molecule has 1 unspecified atom stereocenters. The number of nitrogens with two attached hydrogens (primary N) is 1. The summed E-state index contributed by atoms with van der Waals surface area (Å²) in [7, 11) is 0. The van der Waals surface area contributed by atoms with E-state index in [9.17, 15) is 27.6 Å². The van der Waals surface area contributed by atoms with Crippen LogP contribution in [0.25, 0.3) is 11.3 Å². The average Bonchev–Trinajstić information content (AvgIpc) is 3.04. The van der Waals surface area contributed by atoms with E-state index in [-0.39, 0.29) is 18.5 Å². The summed E-state index contributed by atoms with van der Waals surface area (Å²) >= 11 is 0. The van der Waals surface area contributed by atoms with Crippen molar-refractivity contribution in [2.45, 2.75) is 45.3 Å². The minimum absolute atomic E-state index is 0.0973. The van der Waals surface area contributed by atoms with E-state index in [1.54, 1.807) is 37.3 Å². The zero-order valence-electron chi connectivity index (χ0n) is 24.8.